The Kier molecular flexibility index (Phi) is 5.02. The topological polar surface area (TPSA) is 108 Å². The first-order chi connectivity index (χ1) is 15.4. The third-order valence-electron chi connectivity index (χ3n) is 5.30. The van der Waals surface area contributed by atoms with E-state index in [1.165, 1.54) is 0 Å². The average Bonchev–Trinajstić information content (AvgIpc) is 3.14. The smallest absolute Gasteiger partial charge is 0.165 e. The van der Waals surface area contributed by atoms with Gasteiger partial charge in [-0.3, -0.25) is 0 Å². The Labute approximate surface area is 189 Å². The Morgan fingerprint density at radius 1 is 1.22 bits per heavy atom. The van der Waals surface area contributed by atoms with Crippen LogP contribution in [-0.4, -0.2) is 50.0 Å². The summed E-state index contributed by atoms with van der Waals surface area (Å²) < 4.78 is 6.80. The summed E-state index contributed by atoms with van der Waals surface area (Å²) in [4.78, 5) is 9.04. The number of aliphatic hydroxyl groups is 1. The van der Waals surface area contributed by atoms with E-state index in [9.17, 15) is 10.4 Å². The van der Waals surface area contributed by atoms with Crippen LogP contribution in [0.5, 0.6) is 0 Å². The van der Waals surface area contributed by atoms with Gasteiger partial charge in [-0.25, -0.2) is 14.5 Å². The molecule has 0 aliphatic carbocycles. The van der Waals surface area contributed by atoms with Crippen LogP contribution in [-0.2, 0) is 4.74 Å². The number of nitrogens with zero attached hydrogens (tertiary/aromatic N) is 5. The first-order valence-corrected chi connectivity index (χ1v) is 10.4. The predicted molar refractivity (Wildman–Crippen MR) is 120 cm³/mol. The first kappa shape index (κ1) is 20.4. The van der Waals surface area contributed by atoms with Crippen LogP contribution in [0.2, 0.25) is 5.15 Å². The molecule has 4 heterocycles. The van der Waals surface area contributed by atoms with Gasteiger partial charge in [-0.05, 0) is 42.8 Å². The fraction of sp³-hybridized carbons (Fsp3) is 0.217. The third kappa shape index (κ3) is 3.78. The summed E-state index contributed by atoms with van der Waals surface area (Å²) in [6, 6.07) is 15.0. The van der Waals surface area contributed by atoms with Crippen LogP contribution >= 0.6 is 11.6 Å². The van der Waals surface area contributed by atoms with Crippen molar-refractivity contribution in [1.82, 2.24) is 19.6 Å². The van der Waals surface area contributed by atoms with Crippen molar-refractivity contribution in [3.8, 4) is 28.5 Å². The maximum Gasteiger partial charge on any atom is 0.165 e. The molecule has 1 fully saturated rings. The number of hydrogen-bond donors (Lipinski definition) is 2. The molecular formula is C23H19ClN6O2. The second-order valence-corrected chi connectivity index (χ2v) is 8.28. The number of fused-ring (bicyclic) bond motifs is 1. The van der Waals surface area contributed by atoms with Crippen molar-refractivity contribution >= 4 is 23.1 Å². The third-order valence-corrected chi connectivity index (χ3v) is 5.49. The zero-order valence-corrected chi connectivity index (χ0v) is 18.0. The van der Waals surface area contributed by atoms with Gasteiger partial charge in [-0.15, -0.1) is 0 Å². The molecule has 5 rings (SSSR count). The minimum atomic E-state index is -0.879. The van der Waals surface area contributed by atoms with Crippen LogP contribution in [0.3, 0.4) is 0 Å². The molecule has 0 atom stereocenters. The molecule has 4 aromatic rings. The number of nitriles is 1. The molecule has 2 N–H and O–H groups in total. The average molecular weight is 447 g/mol. The van der Waals surface area contributed by atoms with E-state index < -0.39 is 5.60 Å². The SMILES string of the molecule is Cc1cc(-c2c(-c3cccc(C#N)c3)nn3ccc(NCC4(O)COC4)nc23)cc(Cl)n1. The number of pyridine rings is 1. The van der Waals surface area contributed by atoms with Crippen LogP contribution in [0.1, 0.15) is 11.3 Å². The Morgan fingerprint density at radius 3 is 2.78 bits per heavy atom. The molecule has 1 saturated heterocycles. The Balaban J connectivity index is 1.67. The largest absolute Gasteiger partial charge is 0.383 e. The van der Waals surface area contributed by atoms with Gasteiger partial charge < -0.3 is 15.2 Å². The predicted octanol–water partition coefficient (Wildman–Crippen LogP) is 3.47. The highest BCUT2D eigenvalue weighted by atomic mass is 35.5. The molecule has 0 unspecified atom stereocenters. The minimum Gasteiger partial charge on any atom is -0.383 e. The summed E-state index contributed by atoms with van der Waals surface area (Å²) in [6.07, 6.45) is 1.81. The van der Waals surface area contributed by atoms with Gasteiger partial charge in [0.05, 0.1) is 30.4 Å². The molecule has 1 aliphatic rings. The molecule has 3 aromatic heterocycles. The normalized spacial score (nSPS) is 14.7. The van der Waals surface area contributed by atoms with Crippen molar-refractivity contribution in [2.75, 3.05) is 25.1 Å². The second kappa shape index (κ2) is 7.88. The Morgan fingerprint density at radius 2 is 2.06 bits per heavy atom. The van der Waals surface area contributed by atoms with E-state index in [-0.39, 0.29) is 0 Å². The lowest BCUT2D eigenvalue weighted by molar-refractivity contribution is -0.168. The van der Waals surface area contributed by atoms with Crippen molar-refractivity contribution in [1.29, 1.82) is 5.26 Å². The maximum atomic E-state index is 10.3. The van der Waals surface area contributed by atoms with Crippen molar-refractivity contribution < 1.29 is 9.84 Å². The van der Waals surface area contributed by atoms with Crippen molar-refractivity contribution in [3.63, 3.8) is 0 Å². The number of anilines is 1. The molecule has 0 bridgehead atoms. The van der Waals surface area contributed by atoms with Crippen molar-refractivity contribution in [3.05, 3.63) is 65.1 Å². The molecule has 0 saturated carbocycles. The number of aryl methyl sites for hydroxylation is 1. The number of ether oxygens (including phenoxy) is 1. The molecule has 0 amide bonds. The molecule has 32 heavy (non-hydrogen) atoms. The van der Waals surface area contributed by atoms with E-state index in [1.54, 1.807) is 28.8 Å². The van der Waals surface area contributed by atoms with Crippen LogP contribution in [0.15, 0.2) is 48.7 Å². The lowest BCUT2D eigenvalue weighted by atomic mass is 10.00. The fourth-order valence-corrected chi connectivity index (χ4v) is 3.95. The summed E-state index contributed by atoms with van der Waals surface area (Å²) in [6.45, 7) is 2.80. The number of benzene rings is 1. The summed E-state index contributed by atoms with van der Waals surface area (Å²) in [5, 5.41) is 28.0. The van der Waals surface area contributed by atoms with Gasteiger partial charge in [0.2, 0.25) is 0 Å². The number of rotatable bonds is 5. The monoisotopic (exact) mass is 446 g/mol. The van der Waals surface area contributed by atoms with E-state index >= 15 is 0 Å². The summed E-state index contributed by atoms with van der Waals surface area (Å²) in [5.74, 6) is 0.605. The lowest BCUT2D eigenvalue weighted by Crippen LogP contribution is -2.54. The second-order valence-electron chi connectivity index (χ2n) is 7.89. The Hall–Kier alpha value is -3.51. The quantitative estimate of drug-likeness (QED) is 0.452. The summed E-state index contributed by atoms with van der Waals surface area (Å²) >= 11 is 6.26. The number of hydrogen-bond acceptors (Lipinski definition) is 7. The van der Waals surface area contributed by atoms with Gasteiger partial charge in [-0.2, -0.15) is 10.4 Å². The highest BCUT2D eigenvalue weighted by Crippen LogP contribution is 2.36. The summed E-state index contributed by atoms with van der Waals surface area (Å²) in [7, 11) is 0. The van der Waals surface area contributed by atoms with Gasteiger partial charge >= 0.3 is 0 Å². The number of nitrogens with one attached hydrogen (secondary N) is 1. The maximum absolute atomic E-state index is 10.3. The molecule has 8 nitrogen and oxygen atoms in total. The molecule has 1 aliphatic heterocycles. The molecule has 0 radical (unpaired) electrons. The molecule has 1 aromatic carbocycles. The number of aromatic nitrogens is 4. The van der Waals surface area contributed by atoms with Crippen molar-refractivity contribution in [2.24, 2.45) is 0 Å². The highest BCUT2D eigenvalue weighted by molar-refractivity contribution is 6.29. The minimum absolute atomic E-state index is 0.300. The zero-order valence-electron chi connectivity index (χ0n) is 17.2. The van der Waals surface area contributed by atoms with E-state index in [0.717, 1.165) is 22.4 Å². The van der Waals surface area contributed by atoms with Gasteiger partial charge in [0.15, 0.2) is 5.65 Å². The van der Waals surface area contributed by atoms with Crippen LogP contribution in [0, 0.1) is 18.3 Å². The van der Waals surface area contributed by atoms with E-state index in [2.05, 4.69) is 16.4 Å². The van der Waals surface area contributed by atoms with Crippen LogP contribution in [0.25, 0.3) is 28.0 Å². The van der Waals surface area contributed by atoms with Gasteiger partial charge in [0.1, 0.15) is 22.3 Å². The molecular weight excluding hydrogens is 428 g/mol. The van der Waals surface area contributed by atoms with Gasteiger partial charge in [-0.1, -0.05) is 23.7 Å². The van der Waals surface area contributed by atoms with E-state index in [1.807, 2.05) is 31.3 Å². The summed E-state index contributed by atoms with van der Waals surface area (Å²) in [5.41, 5.74) is 4.13. The number of halogens is 1. The van der Waals surface area contributed by atoms with Crippen LogP contribution in [0.4, 0.5) is 5.82 Å². The zero-order chi connectivity index (χ0) is 22.3. The standard InChI is InChI=1S/C23H19ClN6O2/c1-14-7-17(9-18(24)27-14)20-21(16-4-2-3-15(8-16)10-25)29-30-6-5-19(28-22(20)30)26-11-23(31)12-32-13-23/h2-9,31H,11-13H2,1H3,(H,26,28). The molecule has 160 valence electrons. The Bertz CT molecular complexity index is 1350. The van der Waals surface area contributed by atoms with Gasteiger partial charge in [0.25, 0.3) is 0 Å². The van der Waals surface area contributed by atoms with Crippen LogP contribution < -0.4 is 5.32 Å². The highest BCUT2D eigenvalue weighted by Gasteiger charge is 2.35. The first-order valence-electron chi connectivity index (χ1n) is 10.0. The molecule has 0 spiro atoms. The fourth-order valence-electron chi connectivity index (χ4n) is 3.70. The molecule has 9 heteroatoms. The van der Waals surface area contributed by atoms with Crippen molar-refractivity contribution in [2.45, 2.75) is 12.5 Å². The van der Waals surface area contributed by atoms with Gasteiger partial charge in [0, 0.05) is 24.0 Å². The lowest BCUT2D eigenvalue weighted by Gasteiger charge is -2.36. The van der Waals surface area contributed by atoms with E-state index in [0.29, 0.717) is 47.6 Å². The van der Waals surface area contributed by atoms with E-state index in [4.69, 9.17) is 26.4 Å².